The molecule has 1 amide bonds. The van der Waals surface area contributed by atoms with Gasteiger partial charge in [-0.15, -0.1) is 0 Å². The Morgan fingerprint density at radius 2 is 1.68 bits per heavy atom. The molecule has 1 fully saturated rings. The Labute approximate surface area is 146 Å². The van der Waals surface area contributed by atoms with Crippen molar-refractivity contribution in [1.29, 1.82) is 0 Å². The van der Waals surface area contributed by atoms with Crippen molar-refractivity contribution in [2.24, 2.45) is 0 Å². The third-order valence-corrected chi connectivity index (χ3v) is 3.73. The molecule has 0 radical (unpaired) electrons. The van der Waals surface area contributed by atoms with Gasteiger partial charge in [-0.3, -0.25) is 4.98 Å². The predicted octanol–water partition coefficient (Wildman–Crippen LogP) is 1.99. The minimum Gasteiger partial charge on any atom is -0.444 e. The largest absolute Gasteiger partial charge is 0.444 e. The van der Waals surface area contributed by atoms with Crippen LogP contribution < -0.4 is 4.90 Å². The number of rotatable bonds is 2. The highest BCUT2D eigenvalue weighted by atomic mass is 16.6. The van der Waals surface area contributed by atoms with Crippen molar-refractivity contribution < 1.29 is 9.53 Å². The van der Waals surface area contributed by atoms with Crippen LogP contribution in [-0.2, 0) is 4.74 Å². The number of aromatic nitrogens is 4. The molecule has 3 rings (SSSR count). The molecule has 0 bridgehead atoms. The Morgan fingerprint density at radius 3 is 2.32 bits per heavy atom. The summed E-state index contributed by atoms with van der Waals surface area (Å²) in [5.74, 6) is 0.783. The molecule has 2 aromatic rings. The minimum absolute atomic E-state index is 0.270. The third-order valence-electron chi connectivity index (χ3n) is 3.73. The smallest absolute Gasteiger partial charge is 0.410 e. The van der Waals surface area contributed by atoms with Gasteiger partial charge in [-0.2, -0.15) is 0 Å². The van der Waals surface area contributed by atoms with Gasteiger partial charge in [-0.25, -0.2) is 19.7 Å². The summed E-state index contributed by atoms with van der Waals surface area (Å²) in [5.41, 5.74) is 1.07. The van der Waals surface area contributed by atoms with Gasteiger partial charge in [-0.1, -0.05) is 0 Å². The maximum atomic E-state index is 12.1. The zero-order valence-electron chi connectivity index (χ0n) is 14.7. The first-order valence-corrected chi connectivity index (χ1v) is 8.23. The Hall–Kier alpha value is -2.77. The molecule has 1 aliphatic heterocycles. The second-order valence-electron chi connectivity index (χ2n) is 6.84. The van der Waals surface area contributed by atoms with Crippen LogP contribution >= 0.6 is 0 Å². The molecule has 1 aliphatic rings. The maximum Gasteiger partial charge on any atom is 0.410 e. The second-order valence-corrected chi connectivity index (χ2v) is 6.84. The Balaban J connectivity index is 1.65. The van der Waals surface area contributed by atoms with Gasteiger partial charge in [0.15, 0.2) is 0 Å². The molecule has 3 heterocycles. The fraction of sp³-hybridized carbons (Fsp3) is 0.471. The van der Waals surface area contributed by atoms with Gasteiger partial charge in [0, 0.05) is 44.1 Å². The fourth-order valence-corrected chi connectivity index (χ4v) is 2.52. The number of piperazine rings is 1. The molecule has 0 spiro atoms. The summed E-state index contributed by atoms with van der Waals surface area (Å²) >= 11 is 0. The minimum atomic E-state index is -0.480. The lowest BCUT2D eigenvalue weighted by Gasteiger charge is -2.36. The number of hydrogen-bond donors (Lipinski definition) is 0. The van der Waals surface area contributed by atoms with Crippen molar-refractivity contribution >= 4 is 11.9 Å². The molecule has 0 atom stereocenters. The third kappa shape index (κ3) is 4.40. The van der Waals surface area contributed by atoms with E-state index >= 15 is 0 Å². The topological polar surface area (TPSA) is 84.3 Å². The van der Waals surface area contributed by atoms with Crippen molar-refractivity contribution in [2.75, 3.05) is 31.1 Å². The predicted molar refractivity (Wildman–Crippen MR) is 93.1 cm³/mol. The lowest BCUT2D eigenvalue weighted by atomic mass is 10.2. The number of carbonyl (C=O) groups is 1. The van der Waals surface area contributed by atoms with Crippen LogP contribution in [0.2, 0.25) is 0 Å². The highest BCUT2D eigenvalue weighted by Gasteiger charge is 2.26. The van der Waals surface area contributed by atoms with Gasteiger partial charge in [0.25, 0.3) is 0 Å². The van der Waals surface area contributed by atoms with E-state index in [4.69, 9.17) is 4.74 Å². The number of carbonyl (C=O) groups excluding carboxylic acids is 1. The number of anilines is 1. The van der Waals surface area contributed by atoms with Gasteiger partial charge >= 0.3 is 6.09 Å². The SMILES string of the molecule is CC(C)(C)OC(=O)N1CCN(c2cncc(-c3cncnc3)n2)CC1. The van der Waals surface area contributed by atoms with Crippen molar-refractivity contribution in [3.63, 3.8) is 0 Å². The van der Waals surface area contributed by atoms with Crippen LogP contribution in [0.1, 0.15) is 20.8 Å². The average molecular weight is 342 g/mol. The maximum absolute atomic E-state index is 12.1. The Bertz CT molecular complexity index is 723. The van der Waals surface area contributed by atoms with Crippen LogP contribution in [0.25, 0.3) is 11.3 Å². The zero-order chi connectivity index (χ0) is 17.9. The van der Waals surface area contributed by atoms with Crippen LogP contribution in [0.5, 0.6) is 0 Å². The normalized spacial score (nSPS) is 15.2. The molecule has 2 aromatic heterocycles. The van der Waals surface area contributed by atoms with Gasteiger partial charge in [0.1, 0.15) is 17.7 Å². The molecule has 0 unspecified atom stereocenters. The lowest BCUT2D eigenvalue weighted by Crippen LogP contribution is -2.50. The van der Waals surface area contributed by atoms with E-state index in [0.29, 0.717) is 26.2 Å². The molecular weight excluding hydrogens is 320 g/mol. The molecule has 8 nitrogen and oxygen atoms in total. The molecule has 0 aliphatic carbocycles. The molecule has 8 heteroatoms. The summed E-state index contributed by atoms with van der Waals surface area (Å²) in [7, 11) is 0. The van der Waals surface area contributed by atoms with E-state index in [9.17, 15) is 4.79 Å². The Morgan fingerprint density at radius 1 is 1.00 bits per heavy atom. The van der Waals surface area contributed by atoms with E-state index in [1.165, 1.54) is 6.33 Å². The monoisotopic (exact) mass is 342 g/mol. The summed E-state index contributed by atoms with van der Waals surface area (Å²) in [6, 6.07) is 0. The van der Waals surface area contributed by atoms with Crippen LogP contribution in [0.15, 0.2) is 31.1 Å². The molecule has 1 saturated heterocycles. The van der Waals surface area contributed by atoms with Crippen molar-refractivity contribution in [1.82, 2.24) is 24.8 Å². The van der Waals surface area contributed by atoms with E-state index in [1.807, 2.05) is 20.8 Å². The van der Waals surface area contributed by atoms with Gasteiger partial charge < -0.3 is 14.5 Å². The van der Waals surface area contributed by atoms with Crippen molar-refractivity contribution in [3.05, 3.63) is 31.1 Å². The molecule has 0 aromatic carbocycles. The quantitative estimate of drug-likeness (QED) is 0.825. The summed E-state index contributed by atoms with van der Waals surface area (Å²) in [5, 5.41) is 0. The molecular formula is C17H22N6O2. The van der Waals surface area contributed by atoms with Gasteiger partial charge in [0.2, 0.25) is 0 Å². The van der Waals surface area contributed by atoms with Gasteiger partial charge in [0.05, 0.1) is 18.1 Å². The molecule has 132 valence electrons. The van der Waals surface area contributed by atoms with E-state index in [-0.39, 0.29) is 6.09 Å². The first kappa shape index (κ1) is 17.1. The van der Waals surface area contributed by atoms with Crippen molar-refractivity contribution in [3.8, 4) is 11.3 Å². The first-order chi connectivity index (χ1) is 11.9. The second kappa shape index (κ2) is 7.00. The van der Waals surface area contributed by atoms with Crippen LogP contribution in [0.3, 0.4) is 0 Å². The number of nitrogens with zero attached hydrogens (tertiary/aromatic N) is 6. The fourth-order valence-electron chi connectivity index (χ4n) is 2.52. The highest BCUT2D eigenvalue weighted by molar-refractivity contribution is 5.68. The van der Waals surface area contributed by atoms with Crippen LogP contribution in [0, 0.1) is 0 Å². The summed E-state index contributed by atoms with van der Waals surface area (Å²) in [4.78, 5) is 32.9. The van der Waals surface area contributed by atoms with Crippen molar-refractivity contribution in [2.45, 2.75) is 26.4 Å². The highest BCUT2D eigenvalue weighted by Crippen LogP contribution is 2.19. The average Bonchev–Trinajstić information content (AvgIpc) is 2.61. The summed E-state index contributed by atoms with van der Waals surface area (Å²) in [6.07, 6.45) is 8.06. The van der Waals surface area contributed by atoms with E-state index in [1.54, 1.807) is 29.7 Å². The molecule has 0 saturated carbocycles. The standard InChI is InChI=1S/C17H22N6O2/c1-17(2,3)25-16(24)23-6-4-22(5-7-23)15-11-18-10-14(21-15)13-8-19-12-20-9-13/h8-12H,4-7H2,1-3H3. The lowest BCUT2D eigenvalue weighted by molar-refractivity contribution is 0.0240. The number of ether oxygens (including phenoxy) is 1. The molecule has 25 heavy (non-hydrogen) atoms. The van der Waals surface area contributed by atoms with E-state index in [2.05, 4.69) is 24.8 Å². The van der Waals surface area contributed by atoms with E-state index < -0.39 is 5.60 Å². The zero-order valence-corrected chi connectivity index (χ0v) is 14.7. The summed E-state index contributed by atoms with van der Waals surface area (Å²) in [6.45, 7) is 8.16. The van der Waals surface area contributed by atoms with Crippen LogP contribution in [-0.4, -0.2) is 62.7 Å². The van der Waals surface area contributed by atoms with Crippen LogP contribution in [0.4, 0.5) is 10.6 Å². The Kier molecular flexibility index (Phi) is 4.78. The first-order valence-electron chi connectivity index (χ1n) is 8.23. The number of amides is 1. The number of hydrogen-bond acceptors (Lipinski definition) is 7. The molecule has 0 N–H and O–H groups in total. The van der Waals surface area contributed by atoms with Gasteiger partial charge in [-0.05, 0) is 20.8 Å². The van der Waals surface area contributed by atoms with E-state index in [0.717, 1.165) is 17.1 Å². The summed E-state index contributed by atoms with van der Waals surface area (Å²) < 4.78 is 5.42.